The second-order valence-electron chi connectivity index (χ2n) is 4.89. The van der Waals surface area contributed by atoms with Crippen LogP contribution in [0.5, 0.6) is 0 Å². The first-order valence-electron chi connectivity index (χ1n) is 5.73. The lowest BCUT2D eigenvalue weighted by atomic mass is 10.1. The molecule has 3 rings (SSSR count). The molecule has 6 heteroatoms. The molecule has 2 aromatic heterocycles. The van der Waals surface area contributed by atoms with Crippen LogP contribution in [0, 0.1) is 6.92 Å². The highest BCUT2D eigenvalue weighted by molar-refractivity contribution is 7.16. The van der Waals surface area contributed by atoms with Crippen molar-refractivity contribution in [3.8, 4) is 10.6 Å². The van der Waals surface area contributed by atoms with Gasteiger partial charge >= 0.3 is 0 Å². The first kappa shape index (κ1) is 11.8. The van der Waals surface area contributed by atoms with Gasteiger partial charge in [-0.25, -0.2) is 9.97 Å². The molecule has 0 aliphatic heterocycles. The summed E-state index contributed by atoms with van der Waals surface area (Å²) in [6.07, 6.45) is 2.28. The average molecular weight is 279 g/mol. The van der Waals surface area contributed by atoms with Gasteiger partial charge in [0.25, 0.3) is 5.91 Å². The topological polar surface area (TPSA) is 68.9 Å². The van der Waals surface area contributed by atoms with E-state index in [0.29, 0.717) is 4.88 Å². The molecular weight excluding hydrogens is 266 g/mol. The van der Waals surface area contributed by atoms with Crippen molar-refractivity contribution in [3.05, 3.63) is 21.1 Å². The van der Waals surface area contributed by atoms with E-state index in [1.54, 1.807) is 5.51 Å². The van der Waals surface area contributed by atoms with E-state index in [9.17, 15) is 4.79 Å². The van der Waals surface area contributed by atoms with Gasteiger partial charge in [0, 0.05) is 5.41 Å². The van der Waals surface area contributed by atoms with Gasteiger partial charge in [0.2, 0.25) is 0 Å². The van der Waals surface area contributed by atoms with Crippen LogP contribution >= 0.6 is 22.7 Å². The molecule has 2 heterocycles. The van der Waals surface area contributed by atoms with E-state index < -0.39 is 5.91 Å². The number of thiazole rings is 2. The van der Waals surface area contributed by atoms with Crippen LogP contribution in [0.2, 0.25) is 0 Å². The number of hydrogen-bond acceptors (Lipinski definition) is 5. The third-order valence-electron chi connectivity index (χ3n) is 3.33. The highest BCUT2D eigenvalue weighted by atomic mass is 32.1. The fourth-order valence-electron chi connectivity index (χ4n) is 1.83. The zero-order chi connectivity index (χ0) is 12.9. The third-order valence-corrected chi connectivity index (χ3v) is 5.64. The molecule has 1 aliphatic carbocycles. The van der Waals surface area contributed by atoms with Crippen molar-refractivity contribution in [1.29, 1.82) is 0 Å². The van der Waals surface area contributed by atoms with Gasteiger partial charge in [0.05, 0.1) is 21.1 Å². The maximum Gasteiger partial charge on any atom is 0.261 e. The van der Waals surface area contributed by atoms with Crippen molar-refractivity contribution in [1.82, 2.24) is 9.97 Å². The first-order chi connectivity index (χ1) is 8.51. The van der Waals surface area contributed by atoms with Crippen molar-refractivity contribution in [2.75, 3.05) is 0 Å². The second kappa shape index (κ2) is 3.86. The lowest BCUT2D eigenvalue weighted by molar-refractivity contribution is 0.100. The molecule has 0 bridgehead atoms. The number of hydrogen-bond donors (Lipinski definition) is 1. The van der Waals surface area contributed by atoms with Crippen LogP contribution in [0.3, 0.4) is 0 Å². The number of nitrogens with zero attached hydrogens (tertiary/aromatic N) is 2. The molecule has 4 nitrogen and oxygen atoms in total. The Hall–Kier alpha value is -1.27. The van der Waals surface area contributed by atoms with Gasteiger partial charge in [-0.2, -0.15) is 0 Å². The number of amides is 1. The molecular formula is C12H13N3OS2. The predicted octanol–water partition coefficient (Wildman–Crippen LogP) is 2.73. The Morgan fingerprint density at radius 3 is 2.72 bits per heavy atom. The zero-order valence-corrected chi connectivity index (χ0v) is 11.8. The van der Waals surface area contributed by atoms with E-state index in [1.165, 1.54) is 22.7 Å². The van der Waals surface area contributed by atoms with E-state index in [2.05, 4.69) is 16.9 Å². The van der Waals surface area contributed by atoms with Crippen LogP contribution in [0.4, 0.5) is 0 Å². The standard InChI is InChI=1S/C12H13N3OS2/c1-6-8(17-5-14-6)7-9(10(13)16)18-11(15-7)12(2)3-4-12/h5H,3-4H2,1-2H3,(H2,13,16). The van der Waals surface area contributed by atoms with Crippen molar-refractivity contribution in [2.45, 2.75) is 32.1 Å². The fraction of sp³-hybridized carbons (Fsp3) is 0.417. The zero-order valence-electron chi connectivity index (χ0n) is 10.2. The molecule has 1 amide bonds. The van der Waals surface area contributed by atoms with Gasteiger partial charge in [0.1, 0.15) is 10.6 Å². The molecule has 2 N–H and O–H groups in total. The molecule has 0 atom stereocenters. The van der Waals surface area contributed by atoms with Gasteiger partial charge in [-0.1, -0.05) is 6.92 Å². The molecule has 0 aromatic carbocycles. The molecule has 94 valence electrons. The predicted molar refractivity (Wildman–Crippen MR) is 73.1 cm³/mol. The highest BCUT2D eigenvalue weighted by Crippen LogP contribution is 2.50. The molecule has 1 fully saturated rings. The molecule has 0 saturated heterocycles. The molecule has 0 unspecified atom stereocenters. The van der Waals surface area contributed by atoms with Gasteiger partial charge in [-0.3, -0.25) is 4.79 Å². The Morgan fingerprint density at radius 2 is 2.22 bits per heavy atom. The summed E-state index contributed by atoms with van der Waals surface area (Å²) in [5.41, 5.74) is 9.01. The second-order valence-corrected chi connectivity index (χ2v) is 6.74. The molecule has 0 radical (unpaired) electrons. The number of primary amides is 1. The summed E-state index contributed by atoms with van der Waals surface area (Å²) in [6.45, 7) is 4.11. The van der Waals surface area contributed by atoms with E-state index in [0.717, 1.165) is 34.1 Å². The lowest BCUT2D eigenvalue weighted by Gasteiger charge is -2.00. The van der Waals surface area contributed by atoms with Gasteiger partial charge < -0.3 is 5.73 Å². The smallest absolute Gasteiger partial charge is 0.261 e. The molecule has 1 aliphatic rings. The van der Waals surface area contributed by atoms with Crippen LogP contribution in [0.1, 0.15) is 40.1 Å². The van der Waals surface area contributed by atoms with Crippen LogP contribution in [0.25, 0.3) is 10.6 Å². The Morgan fingerprint density at radius 1 is 1.50 bits per heavy atom. The summed E-state index contributed by atoms with van der Waals surface area (Å²) < 4.78 is 0. The van der Waals surface area contributed by atoms with E-state index >= 15 is 0 Å². The fourth-order valence-corrected chi connectivity index (χ4v) is 3.82. The lowest BCUT2D eigenvalue weighted by Crippen LogP contribution is -2.10. The van der Waals surface area contributed by atoms with E-state index in [1.807, 2.05) is 6.92 Å². The van der Waals surface area contributed by atoms with Crippen LogP contribution in [0.15, 0.2) is 5.51 Å². The minimum absolute atomic E-state index is 0.158. The minimum atomic E-state index is -0.397. The van der Waals surface area contributed by atoms with Crippen molar-refractivity contribution in [3.63, 3.8) is 0 Å². The van der Waals surface area contributed by atoms with Crippen LogP contribution in [-0.4, -0.2) is 15.9 Å². The third kappa shape index (κ3) is 1.76. The van der Waals surface area contributed by atoms with Gasteiger partial charge in [0.15, 0.2) is 0 Å². The normalized spacial score (nSPS) is 16.8. The summed E-state index contributed by atoms with van der Waals surface area (Å²) in [7, 11) is 0. The van der Waals surface area contributed by atoms with Gasteiger partial charge in [-0.05, 0) is 19.8 Å². The summed E-state index contributed by atoms with van der Waals surface area (Å²) in [4.78, 5) is 21.9. The maximum absolute atomic E-state index is 11.6. The Labute approximate surface area is 113 Å². The largest absolute Gasteiger partial charge is 0.365 e. The van der Waals surface area contributed by atoms with Crippen molar-refractivity contribution in [2.24, 2.45) is 5.73 Å². The Balaban J connectivity index is 2.16. The molecule has 1 saturated carbocycles. The molecule has 18 heavy (non-hydrogen) atoms. The summed E-state index contributed by atoms with van der Waals surface area (Å²) in [5.74, 6) is -0.397. The summed E-state index contributed by atoms with van der Waals surface area (Å²) in [6, 6.07) is 0. The first-order valence-corrected chi connectivity index (χ1v) is 7.42. The molecule has 0 spiro atoms. The maximum atomic E-state index is 11.6. The SMILES string of the molecule is Cc1ncsc1-c1nc(C2(C)CC2)sc1C(N)=O. The van der Waals surface area contributed by atoms with Crippen molar-refractivity contribution >= 4 is 28.6 Å². The monoisotopic (exact) mass is 279 g/mol. The average Bonchev–Trinajstić information content (AvgIpc) is 2.79. The Kier molecular flexibility index (Phi) is 2.53. The number of nitrogens with two attached hydrogens (primary N) is 1. The van der Waals surface area contributed by atoms with Crippen LogP contribution in [-0.2, 0) is 5.41 Å². The quantitative estimate of drug-likeness (QED) is 0.939. The Bertz CT molecular complexity index is 625. The number of aromatic nitrogens is 2. The number of carbonyl (C=O) groups is 1. The summed E-state index contributed by atoms with van der Waals surface area (Å²) >= 11 is 2.94. The minimum Gasteiger partial charge on any atom is -0.365 e. The summed E-state index contributed by atoms with van der Waals surface area (Å²) in [5, 5.41) is 1.03. The van der Waals surface area contributed by atoms with E-state index in [4.69, 9.17) is 5.73 Å². The van der Waals surface area contributed by atoms with Gasteiger partial charge in [-0.15, -0.1) is 22.7 Å². The number of carbonyl (C=O) groups excluding carboxylic acids is 1. The number of aryl methyl sites for hydroxylation is 1. The molecule has 2 aromatic rings. The van der Waals surface area contributed by atoms with E-state index in [-0.39, 0.29) is 5.41 Å². The highest BCUT2D eigenvalue weighted by Gasteiger charge is 2.43. The number of rotatable bonds is 3. The van der Waals surface area contributed by atoms with Crippen LogP contribution < -0.4 is 5.73 Å². The van der Waals surface area contributed by atoms with Crippen molar-refractivity contribution < 1.29 is 4.79 Å².